The smallest absolute Gasteiger partial charge is 0.263 e. The first-order valence-corrected chi connectivity index (χ1v) is 7.74. The number of hydrogen-bond acceptors (Lipinski definition) is 4. The molecule has 5 nitrogen and oxygen atoms in total. The topological polar surface area (TPSA) is 77.8 Å². The van der Waals surface area contributed by atoms with Gasteiger partial charge in [-0.25, -0.2) is 0 Å². The summed E-state index contributed by atoms with van der Waals surface area (Å²) in [6.07, 6.45) is 4.76. The van der Waals surface area contributed by atoms with Crippen molar-refractivity contribution >= 4 is 21.8 Å². The maximum atomic E-state index is 12.0. The standard InChI is InChI=1S/C17H15BrN4O/c18-16-6-2-1-5-14(16)11-21-12-15(8-19)17(23)22-10-13-4-3-7-20-9-13/h1-7,9,12,21H,10-11H2,(H,22,23)/b15-12-. The van der Waals surface area contributed by atoms with Crippen LogP contribution in [0, 0.1) is 11.3 Å². The minimum absolute atomic E-state index is 0.0287. The number of rotatable bonds is 6. The molecule has 116 valence electrons. The van der Waals surface area contributed by atoms with Crippen molar-refractivity contribution in [1.29, 1.82) is 5.26 Å². The van der Waals surface area contributed by atoms with E-state index in [4.69, 9.17) is 5.26 Å². The number of nitrogens with zero attached hydrogens (tertiary/aromatic N) is 2. The van der Waals surface area contributed by atoms with Crippen molar-refractivity contribution in [2.45, 2.75) is 13.1 Å². The Hall–Kier alpha value is -2.65. The molecule has 2 N–H and O–H groups in total. The van der Waals surface area contributed by atoms with Gasteiger partial charge in [-0.15, -0.1) is 0 Å². The Morgan fingerprint density at radius 2 is 2.09 bits per heavy atom. The quantitative estimate of drug-likeness (QED) is 0.605. The van der Waals surface area contributed by atoms with Gasteiger partial charge in [0.05, 0.1) is 0 Å². The Balaban J connectivity index is 1.89. The minimum atomic E-state index is -0.420. The first-order valence-electron chi connectivity index (χ1n) is 6.95. The van der Waals surface area contributed by atoms with Crippen molar-refractivity contribution in [2.24, 2.45) is 0 Å². The molecule has 1 aromatic carbocycles. The fourth-order valence-corrected chi connectivity index (χ4v) is 2.26. The van der Waals surface area contributed by atoms with Gasteiger partial charge in [0.2, 0.25) is 0 Å². The van der Waals surface area contributed by atoms with Crippen LogP contribution in [-0.2, 0) is 17.9 Å². The zero-order valence-electron chi connectivity index (χ0n) is 12.3. The third-order valence-electron chi connectivity index (χ3n) is 3.04. The second-order valence-corrected chi connectivity index (χ2v) is 5.54. The molecule has 1 amide bonds. The molecule has 23 heavy (non-hydrogen) atoms. The van der Waals surface area contributed by atoms with Gasteiger partial charge in [0.1, 0.15) is 11.6 Å². The third-order valence-corrected chi connectivity index (χ3v) is 3.81. The van der Waals surface area contributed by atoms with E-state index in [2.05, 4.69) is 31.5 Å². The number of benzene rings is 1. The summed E-state index contributed by atoms with van der Waals surface area (Å²) in [5.41, 5.74) is 1.94. The van der Waals surface area contributed by atoms with E-state index in [1.165, 1.54) is 6.20 Å². The van der Waals surface area contributed by atoms with Gasteiger partial charge in [0, 0.05) is 36.2 Å². The molecule has 0 bridgehead atoms. The fraction of sp³-hybridized carbons (Fsp3) is 0.118. The van der Waals surface area contributed by atoms with Crippen LogP contribution < -0.4 is 10.6 Å². The molecule has 0 aliphatic heterocycles. The highest BCUT2D eigenvalue weighted by Crippen LogP contribution is 2.15. The van der Waals surface area contributed by atoms with Gasteiger partial charge in [-0.3, -0.25) is 9.78 Å². The third kappa shape index (κ3) is 5.24. The molecule has 0 aliphatic carbocycles. The number of nitrogens with one attached hydrogen (secondary N) is 2. The van der Waals surface area contributed by atoms with Crippen LogP contribution in [-0.4, -0.2) is 10.9 Å². The highest BCUT2D eigenvalue weighted by Gasteiger charge is 2.08. The molecule has 6 heteroatoms. The zero-order valence-corrected chi connectivity index (χ0v) is 13.9. The van der Waals surface area contributed by atoms with E-state index in [1.54, 1.807) is 18.5 Å². The van der Waals surface area contributed by atoms with Gasteiger partial charge in [-0.2, -0.15) is 5.26 Å². The zero-order chi connectivity index (χ0) is 16.5. The van der Waals surface area contributed by atoms with E-state index in [1.807, 2.05) is 36.4 Å². The average molecular weight is 371 g/mol. The SMILES string of the molecule is N#C/C(=C/NCc1ccccc1Br)C(=O)NCc1cccnc1. The molecule has 1 aromatic heterocycles. The molecular weight excluding hydrogens is 356 g/mol. The highest BCUT2D eigenvalue weighted by atomic mass is 79.9. The Morgan fingerprint density at radius 3 is 2.78 bits per heavy atom. The highest BCUT2D eigenvalue weighted by molar-refractivity contribution is 9.10. The van der Waals surface area contributed by atoms with Crippen molar-refractivity contribution in [3.05, 3.63) is 76.2 Å². The first-order chi connectivity index (χ1) is 11.2. The first kappa shape index (κ1) is 16.7. The van der Waals surface area contributed by atoms with Crippen LogP contribution in [0.4, 0.5) is 0 Å². The summed E-state index contributed by atoms with van der Waals surface area (Å²) in [6, 6.07) is 13.3. The van der Waals surface area contributed by atoms with Crippen molar-refractivity contribution in [3.8, 4) is 6.07 Å². The maximum absolute atomic E-state index is 12.0. The Labute approximate surface area is 143 Å². The van der Waals surface area contributed by atoms with Gasteiger partial charge < -0.3 is 10.6 Å². The predicted octanol–water partition coefficient (Wildman–Crippen LogP) is 2.66. The second-order valence-electron chi connectivity index (χ2n) is 4.69. The van der Waals surface area contributed by atoms with E-state index < -0.39 is 5.91 Å². The lowest BCUT2D eigenvalue weighted by Crippen LogP contribution is -2.25. The summed E-state index contributed by atoms with van der Waals surface area (Å²) in [5, 5.41) is 14.8. The van der Waals surface area contributed by atoms with E-state index >= 15 is 0 Å². The van der Waals surface area contributed by atoms with Crippen LogP contribution in [0.25, 0.3) is 0 Å². The molecule has 0 aliphatic rings. The summed E-state index contributed by atoms with van der Waals surface area (Å²) in [5.74, 6) is -0.420. The molecule has 0 saturated heterocycles. The molecule has 0 atom stereocenters. The number of pyridine rings is 1. The lowest BCUT2D eigenvalue weighted by Gasteiger charge is -2.06. The summed E-state index contributed by atoms with van der Waals surface area (Å²) in [6.45, 7) is 0.846. The van der Waals surface area contributed by atoms with Gasteiger partial charge in [-0.1, -0.05) is 40.2 Å². The molecule has 2 rings (SSSR count). The number of aromatic nitrogens is 1. The van der Waals surface area contributed by atoms with Crippen LogP contribution in [0.3, 0.4) is 0 Å². The average Bonchev–Trinajstić information content (AvgIpc) is 2.59. The number of amides is 1. The lowest BCUT2D eigenvalue weighted by atomic mass is 10.2. The lowest BCUT2D eigenvalue weighted by molar-refractivity contribution is -0.117. The van der Waals surface area contributed by atoms with Crippen LogP contribution in [0.2, 0.25) is 0 Å². The number of carbonyl (C=O) groups excluding carboxylic acids is 1. The Kier molecular flexibility index (Phi) is 6.33. The molecule has 0 unspecified atom stereocenters. The molecule has 2 aromatic rings. The summed E-state index contributed by atoms with van der Waals surface area (Å²) in [7, 11) is 0. The van der Waals surface area contributed by atoms with Crippen LogP contribution in [0.1, 0.15) is 11.1 Å². The number of hydrogen-bond donors (Lipinski definition) is 2. The minimum Gasteiger partial charge on any atom is -0.386 e. The fourth-order valence-electron chi connectivity index (χ4n) is 1.83. The maximum Gasteiger partial charge on any atom is 0.263 e. The van der Waals surface area contributed by atoms with Crippen molar-refractivity contribution in [3.63, 3.8) is 0 Å². The van der Waals surface area contributed by atoms with Crippen molar-refractivity contribution < 1.29 is 4.79 Å². The van der Waals surface area contributed by atoms with Gasteiger partial charge in [0.25, 0.3) is 5.91 Å². The molecule has 0 radical (unpaired) electrons. The van der Waals surface area contributed by atoms with Gasteiger partial charge >= 0.3 is 0 Å². The molecule has 0 saturated carbocycles. The monoisotopic (exact) mass is 370 g/mol. The molecular formula is C17H15BrN4O. The largest absolute Gasteiger partial charge is 0.386 e. The number of carbonyl (C=O) groups is 1. The predicted molar refractivity (Wildman–Crippen MR) is 90.8 cm³/mol. The van der Waals surface area contributed by atoms with Crippen molar-refractivity contribution in [1.82, 2.24) is 15.6 Å². The summed E-state index contributed by atoms with van der Waals surface area (Å²) < 4.78 is 0.973. The van der Waals surface area contributed by atoms with Crippen LogP contribution >= 0.6 is 15.9 Å². The molecule has 1 heterocycles. The summed E-state index contributed by atoms with van der Waals surface area (Å²) in [4.78, 5) is 16.0. The Morgan fingerprint density at radius 1 is 1.26 bits per heavy atom. The van der Waals surface area contributed by atoms with E-state index in [-0.39, 0.29) is 5.57 Å². The summed E-state index contributed by atoms with van der Waals surface area (Å²) >= 11 is 3.45. The van der Waals surface area contributed by atoms with E-state index in [9.17, 15) is 4.79 Å². The van der Waals surface area contributed by atoms with E-state index in [0.717, 1.165) is 15.6 Å². The molecule has 0 spiro atoms. The van der Waals surface area contributed by atoms with Crippen molar-refractivity contribution in [2.75, 3.05) is 0 Å². The van der Waals surface area contributed by atoms with Crippen LogP contribution in [0.5, 0.6) is 0 Å². The normalized spacial score (nSPS) is 10.7. The number of nitriles is 1. The van der Waals surface area contributed by atoms with Gasteiger partial charge in [0.15, 0.2) is 0 Å². The molecule has 0 fully saturated rings. The second kappa shape index (κ2) is 8.71. The number of halogens is 1. The van der Waals surface area contributed by atoms with Crippen LogP contribution in [0.15, 0.2) is 65.0 Å². The van der Waals surface area contributed by atoms with Gasteiger partial charge in [-0.05, 0) is 23.3 Å². The van der Waals surface area contributed by atoms with E-state index in [0.29, 0.717) is 13.1 Å². The Bertz CT molecular complexity index is 738.